The Balaban J connectivity index is 2.35. The second kappa shape index (κ2) is 5.39. The lowest BCUT2D eigenvalue weighted by Crippen LogP contribution is -2.13. The molecule has 1 aromatic heterocycles. The molecule has 1 amide bonds. The van der Waals surface area contributed by atoms with E-state index in [9.17, 15) is 4.79 Å². The van der Waals surface area contributed by atoms with Gasteiger partial charge in [0.25, 0.3) is 0 Å². The molecule has 0 bridgehead atoms. The molecule has 1 aromatic carbocycles. The zero-order chi connectivity index (χ0) is 13.8. The predicted molar refractivity (Wildman–Crippen MR) is 74.0 cm³/mol. The molecule has 0 aliphatic heterocycles. The maximum Gasteiger partial charge on any atom is 0.425 e. The highest BCUT2D eigenvalue weighted by atomic mass is 16.4. The van der Waals surface area contributed by atoms with E-state index in [0.29, 0.717) is 0 Å². The number of hydrazone groups is 1. The zero-order valence-corrected chi connectivity index (χ0v) is 10.8. The minimum absolute atomic E-state index is 0.884. The van der Waals surface area contributed by atoms with Gasteiger partial charge in [-0.15, -0.1) is 0 Å². The van der Waals surface area contributed by atoms with Crippen LogP contribution in [-0.2, 0) is 0 Å². The number of amides is 1. The molecule has 5 nitrogen and oxygen atoms in total. The van der Waals surface area contributed by atoms with Gasteiger partial charge in [-0.3, -0.25) is 0 Å². The molecule has 0 aliphatic carbocycles. The first-order valence-electron chi connectivity index (χ1n) is 5.86. The van der Waals surface area contributed by atoms with E-state index in [4.69, 9.17) is 5.11 Å². The molecule has 19 heavy (non-hydrogen) atoms. The maximum atomic E-state index is 10.3. The summed E-state index contributed by atoms with van der Waals surface area (Å²) in [5, 5.41) is 12.1. The Morgan fingerprint density at radius 1 is 1.32 bits per heavy atom. The summed E-state index contributed by atoms with van der Waals surface area (Å²) >= 11 is 0. The Hall–Kier alpha value is -2.56. The van der Waals surface area contributed by atoms with Crippen LogP contribution in [0.2, 0.25) is 0 Å². The largest absolute Gasteiger partial charge is 0.464 e. The van der Waals surface area contributed by atoms with Gasteiger partial charge >= 0.3 is 6.09 Å². The van der Waals surface area contributed by atoms with E-state index >= 15 is 0 Å². The van der Waals surface area contributed by atoms with Gasteiger partial charge in [-0.05, 0) is 32.0 Å². The van der Waals surface area contributed by atoms with Gasteiger partial charge in [0.15, 0.2) is 0 Å². The Labute approximate surface area is 111 Å². The summed E-state index contributed by atoms with van der Waals surface area (Å²) in [5.74, 6) is 0. The molecule has 2 aromatic rings. The number of benzene rings is 1. The number of nitrogens with one attached hydrogen (secondary N) is 1. The highest BCUT2D eigenvalue weighted by Crippen LogP contribution is 2.19. The number of para-hydroxylation sites is 1. The molecule has 0 saturated carbocycles. The van der Waals surface area contributed by atoms with E-state index in [1.54, 1.807) is 0 Å². The number of aromatic nitrogens is 1. The number of nitrogens with zero attached hydrogens (tertiary/aromatic N) is 2. The van der Waals surface area contributed by atoms with Crippen LogP contribution in [0.5, 0.6) is 0 Å². The van der Waals surface area contributed by atoms with Crippen molar-refractivity contribution in [3.63, 3.8) is 0 Å². The average Bonchev–Trinajstić information content (AvgIpc) is 2.65. The van der Waals surface area contributed by atoms with Gasteiger partial charge in [0.2, 0.25) is 0 Å². The normalized spacial score (nSPS) is 10.8. The zero-order valence-electron chi connectivity index (χ0n) is 10.8. The minimum atomic E-state index is -1.17. The Bertz CT molecular complexity index is 615. The van der Waals surface area contributed by atoms with Gasteiger partial charge in [0.05, 0.1) is 6.21 Å². The topological polar surface area (TPSA) is 66.6 Å². The number of carbonyl (C=O) groups is 1. The molecule has 2 rings (SSSR count). The Morgan fingerprint density at radius 3 is 2.63 bits per heavy atom. The summed E-state index contributed by atoms with van der Waals surface area (Å²) < 4.78 is 2.10. The summed E-state index contributed by atoms with van der Waals surface area (Å²) in [6.07, 6.45) is 0.337. The summed E-state index contributed by atoms with van der Waals surface area (Å²) in [6, 6.07) is 11.9. The summed E-state index contributed by atoms with van der Waals surface area (Å²) in [5.41, 5.74) is 6.01. The quantitative estimate of drug-likeness (QED) is 0.655. The third-order valence-corrected chi connectivity index (χ3v) is 2.85. The number of hydrogen-bond donors (Lipinski definition) is 2. The maximum absolute atomic E-state index is 10.3. The third kappa shape index (κ3) is 2.82. The van der Waals surface area contributed by atoms with E-state index in [-0.39, 0.29) is 0 Å². The van der Waals surface area contributed by atoms with Gasteiger partial charge in [-0.25, -0.2) is 10.2 Å². The lowest BCUT2D eigenvalue weighted by atomic mass is 10.2. The van der Waals surface area contributed by atoms with Crippen molar-refractivity contribution in [1.82, 2.24) is 9.99 Å². The number of aryl methyl sites for hydroxylation is 1. The van der Waals surface area contributed by atoms with Crippen molar-refractivity contribution in [3.05, 3.63) is 53.3 Å². The molecule has 1 heterocycles. The molecular formula is C14H15N3O2. The van der Waals surface area contributed by atoms with E-state index in [2.05, 4.69) is 9.67 Å². The van der Waals surface area contributed by atoms with Crippen LogP contribution >= 0.6 is 0 Å². The van der Waals surface area contributed by atoms with Crippen molar-refractivity contribution < 1.29 is 9.90 Å². The fourth-order valence-electron chi connectivity index (χ4n) is 2.05. The lowest BCUT2D eigenvalue weighted by molar-refractivity contribution is 0.195. The molecule has 5 heteroatoms. The fourth-order valence-corrected chi connectivity index (χ4v) is 2.05. The van der Waals surface area contributed by atoms with Gasteiger partial charge in [0.1, 0.15) is 0 Å². The average molecular weight is 257 g/mol. The standard InChI is InChI=1S/C14H15N3O2/c1-10-8-12(9-15-16-14(18)19)11(2)17(10)13-6-4-3-5-7-13/h3-9,16H,1-2H3,(H,18,19)/b15-9-. The van der Waals surface area contributed by atoms with E-state index in [0.717, 1.165) is 22.6 Å². The number of hydrogen-bond acceptors (Lipinski definition) is 2. The van der Waals surface area contributed by atoms with Crippen LogP contribution in [0.15, 0.2) is 41.5 Å². The van der Waals surface area contributed by atoms with Gasteiger partial charge in [-0.2, -0.15) is 5.10 Å². The molecule has 0 atom stereocenters. The fraction of sp³-hybridized carbons (Fsp3) is 0.143. The van der Waals surface area contributed by atoms with Crippen LogP contribution in [0.3, 0.4) is 0 Å². The van der Waals surface area contributed by atoms with Crippen LogP contribution in [0, 0.1) is 13.8 Å². The van der Waals surface area contributed by atoms with Crippen LogP contribution < -0.4 is 5.43 Å². The highest BCUT2D eigenvalue weighted by Gasteiger charge is 2.08. The van der Waals surface area contributed by atoms with Crippen LogP contribution in [0.25, 0.3) is 5.69 Å². The molecule has 0 radical (unpaired) electrons. The molecular weight excluding hydrogens is 242 g/mol. The van der Waals surface area contributed by atoms with Crippen molar-refractivity contribution >= 4 is 12.3 Å². The third-order valence-electron chi connectivity index (χ3n) is 2.85. The van der Waals surface area contributed by atoms with Crippen LogP contribution in [0.4, 0.5) is 4.79 Å². The van der Waals surface area contributed by atoms with Crippen molar-refractivity contribution in [2.45, 2.75) is 13.8 Å². The lowest BCUT2D eigenvalue weighted by Gasteiger charge is -2.08. The molecule has 0 saturated heterocycles. The first-order chi connectivity index (χ1) is 9.09. The molecule has 0 fully saturated rings. The molecule has 2 N–H and O–H groups in total. The summed E-state index contributed by atoms with van der Waals surface area (Å²) in [7, 11) is 0. The molecule has 0 spiro atoms. The first-order valence-corrected chi connectivity index (χ1v) is 5.86. The first kappa shape index (κ1) is 12.9. The monoisotopic (exact) mass is 257 g/mol. The molecule has 98 valence electrons. The highest BCUT2D eigenvalue weighted by molar-refractivity contribution is 5.83. The van der Waals surface area contributed by atoms with Crippen LogP contribution in [0.1, 0.15) is 17.0 Å². The van der Waals surface area contributed by atoms with Crippen molar-refractivity contribution in [3.8, 4) is 5.69 Å². The van der Waals surface area contributed by atoms with Gasteiger partial charge in [-0.1, -0.05) is 18.2 Å². The smallest absolute Gasteiger partial charge is 0.425 e. The Kier molecular flexibility index (Phi) is 3.66. The van der Waals surface area contributed by atoms with E-state index < -0.39 is 6.09 Å². The molecule has 0 unspecified atom stereocenters. The summed E-state index contributed by atoms with van der Waals surface area (Å²) in [6.45, 7) is 3.98. The molecule has 0 aliphatic rings. The van der Waals surface area contributed by atoms with Crippen molar-refractivity contribution in [2.24, 2.45) is 5.10 Å². The van der Waals surface area contributed by atoms with Crippen molar-refractivity contribution in [1.29, 1.82) is 0 Å². The van der Waals surface area contributed by atoms with Gasteiger partial charge < -0.3 is 9.67 Å². The van der Waals surface area contributed by atoms with E-state index in [1.165, 1.54) is 6.21 Å². The second-order valence-electron chi connectivity index (χ2n) is 4.17. The van der Waals surface area contributed by atoms with E-state index in [1.807, 2.05) is 55.7 Å². The second-order valence-corrected chi connectivity index (χ2v) is 4.17. The minimum Gasteiger partial charge on any atom is -0.464 e. The predicted octanol–water partition coefficient (Wildman–Crippen LogP) is 2.70. The van der Waals surface area contributed by atoms with Crippen LogP contribution in [-0.4, -0.2) is 22.0 Å². The number of rotatable bonds is 3. The SMILES string of the molecule is Cc1cc(/C=N\NC(=O)O)c(C)n1-c1ccccc1. The number of carboxylic acid groups (broad SMARTS) is 1. The van der Waals surface area contributed by atoms with Crippen molar-refractivity contribution in [2.75, 3.05) is 0 Å². The summed E-state index contributed by atoms with van der Waals surface area (Å²) in [4.78, 5) is 10.3. The van der Waals surface area contributed by atoms with Gasteiger partial charge in [0, 0.05) is 22.6 Å². The Morgan fingerprint density at radius 2 is 2.00 bits per heavy atom.